The molecule has 3 N–H and O–H groups in total. The van der Waals surface area contributed by atoms with Gasteiger partial charge in [0.2, 0.25) is 11.8 Å². The Labute approximate surface area is 164 Å². The van der Waals surface area contributed by atoms with E-state index in [4.69, 9.17) is 16.3 Å². The lowest BCUT2D eigenvalue weighted by Gasteiger charge is -2.18. The van der Waals surface area contributed by atoms with Crippen molar-refractivity contribution in [2.24, 2.45) is 5.41 Å². The Morgan fingerprint density at radius 2 is 1.67 bits per heavy atom. The average Bonchev–Trinajstić information content (AvgIpc) is 2.60. The van der Waals surface area contributed by atoms with Crippen molar-refractivity contribution in [3.05, 3.63) is 47.5 Å². The molecule has 2 amide bonds. The van der Waals surface area contributed by atoms with Crippen molar-refractivity contribution >= 4 is 40.5 Å². The minimum absolute atomic E-state index is 0.0698. The maximum atomic E-state index is 12.1. The number of hydrogen-bond donors (Lipinski definition) is 3. The number of anilines is 3. The molecule has 0 bridgehead atoms. The van der Waals surface area contributed by atoms with E-state index >= 15 is 0 Å². The third-order valence-corrected chi connectivity index (χ3v) is 3.99. The molecular weight excluding hydrogens is 366 g/mol. The van der Waals surface area contributed by atoms with Gasteiger partial charge in [-0.25, -0.2) is 0 Å². The molecule has 0 fully saturated rings. The maximum Gasteiger partial charge on any atom is 0.243 e. The van der Waals surface area contributed by atoms with Crippen LogP contribution in [-0.4, -0.2) is 25.5 Å². The van der Waals surface area contributed by atoms with Crippen LogP contribution >= 0.6 is 11.6 Å². The standard InChI is InChI=1S/C20H24ClN3O3/c1-20(2,3)19(26)24-14-7-5-6-13(10-14)22-12-18(25)23-15-8-9-17(27-4)16(21)11-15/h5-11,22H,12H2,1-4H3,(H,23,25)(H,24,26). The van der Waals surface area contributed by atoms with Gasteiger partial charge in [-0.15, -0.1) is 0 Å². The molecule has 2 aromatic carbocycles. The zero-order chi connectivity index (χ0) is 20.0. The van der Waals surface area contributed by atoms with Gasteiger partial charge in [-0.3, -0.25) is 9.59 Å². The van der Waals surface area contributed by atoms with Gasteiger partial charge in [0.05, 0.1) is 18.7 Å². The van der Waals surface area contributed by atoms with Crippen LogP contribution < -0.4 is 20.7 Å². The number of carbonyl (C=O) groups is 2. The van der Waals surface area contributed by atoms with Crippen LogP contribution in [0.3, 0.4) is 0 Å². The molecule has 6 nitrogen and oxygen atoms in total. The van der Waals surface area contributed by atoms with E-state index < -0.39 is 5.41 Å². The zero-order valence-corrected chi connectivity index (χ0v) is 16.6. The van der Waals surface area contributed by atoms with E-state index in [1.54, 1.807) is 30.3 Å². The van der Waals surface area contributed by atoms with Crippen molar-refractivity contribution in [1.82, 2.24) is 0 Å². The van der Waals surface area contributed by atoms with Crippen LogP contribution in [0.15, 0.2) is 42.5 Å². The number of carbonyl (C=O) groups excluding carboxylic acids is 2. The molecule has 0 aliphatic heterocycles. The normalized spacial score (nSPS) is 10.9. The first-order valence-corrected chi connectivity index (χ1v) is 8.85. The van der Waals surface area contributed by atoms with E-state index in [-0.39, 0.29) is 18.4 Å². The summed E-state index contributed by atoms with van der Waals surface area (Å²) < 4.78 is 5.08. The van der Waals surface area contributed by atoms with Crippen molar-refractivity contribution in [3.8, 4) is 5.75 Å². The molecule has 0 saturated heterocycles. The van der Waals surface area contributed by atoms with E-state index in [2.05, 4.69) is 16.0 Å². The van der Waals surface area contributed by atoms with Crippen molar-refractivity contribution in [2.45, 2.75) is 20.8 Å². The summed E-state index contributed by atoms with van der Waals surface area (Å²) >= 11 is 6.05. The second kappa shape index (κ2) is 8.77. The van der Waals surface area contributed by atoms with Gasteiger partial charge in [0.25, 0.3) is 0 Å². The molecule has 27 heavy (non-hydrogen) atoms. The third-order valence-electron chi connectivity index (χ3n) is 3.69. The summed E-state index contributed by atoms with van der Waals surface area (Å²) in [7, 11) is 1.53. The molecule has 0 radical (unpaired) electrons. The Kier molecular flexibility index (Phi) is 6.69. The van der Waals surface area contributed by atoms with Gasteiger partial charge in [-0.05, 0) is 36.4 Å². The van der Waals surface area contributed by atoms with Crippen LogP contribution in [0.1, 0.15) is 20.8 Å². The minimum Gasteiger partial charge on any atom is -0.495 e. The highest BCUT2D eigenvalue weighted by molar-refractivity contribution is 6.32. The van der Waals surface area contributed by atoms with Crippen molar-refractivity contribution in [3.63, 3.8) is 0 Å². The fourth-order valence-electron chi connectivity index (χ4n) is 2.16. The van der Waals surface area contributed by atoms with E-state index in [9.17, 15) is 9.59 Å². The monoisotopic (exact) mass is 389 g/mol. The smallest absolute Gasteiger partial charge is 0.243 e. The molecule has 0 saturated carbocycles. The van der Waals surface area contributed by atoms with Gasteiger partial charge in [-0.1, -0.05) is 38.4 Å². The molecule has 144 valence electrons. The van der Waals surface area contributed by atoms with Crippen LogP contribution in [-0.2, 0) is 9.59 Å². The summed E-state index contributed by atoms with van der Waals surface area (Å²) in [5.74, 6) is 0.246. The SMILES string of the molecule is COc1ccc(NC(=O)CNc2cccc(NC(=O)C(C)(C)C)c2)cc1Cl. The number of nitrogens with one attached hydrogen (secondary N) is 3. The maximum absolute atomic E-state index is 12.1. The van der Waals surface area contributed by atoms with Crippen LogP contribution in [0.2, 0.25) is 5.02 Å². The van der Waals surface area contributed by atoms with Crippen LogP contribution in [0.25, 0.3) is 0 Å². The summed E-state index contributed by atoms with van der Waals surface area (Å²) in [5.41, 5.74) is 1.49. The summed E-state index contributed by atoms with van der Waals surface area (Å²) in [6.07, 6.45) is 0. The van der Waals surface area contributed by atoms with Crippen LogP contribution in [0.4, 0.5) is 17.1 Å². The minimum atomic E-state index is -0.483. The number of amides is 2. The lowest BCUT2D eigenvalue weighted by molar-refractivity contribution is -0.123. The number of benzene rings is 2. The number of ether oxygens (including phenoxy) is 1. The van der Waals surface area contributed by atoms with Gasteiger partial charge in [-0.2, -0.15) is 0 Å². The predicted octanol–water partition coefficient (Wildman–Crippen LogP) is 4.38. The Hall–Kier alpha value is -2.73. The third kappa shape index (κ3) is 6.18. The highest BCUT2D eigenvalue weighted by Crippen LogP contribution is 2.27. The number of hydrogen-bond acceptors (Lipinski definition) is 4. The Morgan fingerprint density at radius 1 is 1.00 bits per heavy atom. The molecule has 0 atom stereocenters. The van der Waals surface area contributed by atoms with Crippen LogP contribution in [0, 0.1) is 5.41 Å². The predicted molar refractivity (Wildman–Crippen MR) is 110 cm³/mol. The molecule has 2 aromatic rings. The number of halogens is 1. The first-order valence-electron chi connectivity index (χ1n) is 8.48. The number of rotatable bonds is 6. The van der Waals surface area contributed by atoms with Gasteiger partial charge in [0, 0.05) is 22.5 Å². The molecule has 0 aromatic heterocycles. The Balaban J connectivity index is 1.92. The van der Waals surface area contributed by atoms with Gasteiger partial charge in [0.1, 0.15) is 5.75 Å². The molecule has 2 rings (SSSR count). The topological polar surface area (TPSA) is 79.5 Å². The summed E-state index contributed by atoms with van der Waals surface area (Å²) in [5, 5.41) is 9.08. The van der Waals surface area contributed by atoms with E-state index in [1.165, 1.54) is 7.11 Å². The summed E-state index contributed by atoms with van der Waals surface area (Å²) in [4.78, 5) is 24.2. The van der Waals surface area contributed by atoms with Crippen molar-refractivity contribution in [1.29, 1.82) is 0 Å². The van der Waals surface area contributed by atoms with Gasteiger partial charge >= 0.3 is 0 Å². The second-order valence-corrected chi connectivity index (χ2v) is 7.44. The van der Waals surface area contributed by atoms with Crippen molar-refractivity contribution < 1.29 is 14.3 Å². The lowest BCUT2D eigenvalue weighted by atomic mass is 9.95. The first-order chi connectivity index (χ1) is 12.7. The second-order valence-electron chi connectivity index (χ2n) is 7.04. The summed E-state index contributed by atoms with van der Waals surface area (Å²) in [6, 6.07) is 12.2. The Bertz CT molecular complexity index is 831. The lowest BCUT2D eigenvalue weighted by Crippen LogP contribution is -2.27. The Morgan fingerprint density at radius 3 is 2.30 bits per heavy atom. The summed E-state index contributed by atoms with van der Waals surface area (Å²) in [6.45, 7) is 5.61. The molecule has 0 spiro atoms. The molecular formula is C20H24ClN3O3. The molecule has 7 heteroatoms. The van der Waals surface area contributed by atoms with E-state index in [0.29, 0.717) is 22.1 Å². The zero-order valence-electron chi connectivity index (χ0n) is 15.9. The largest absolute Gasteiger partial charge is 0.495 e. The first kappa shape index (κ1) is 20.6. The fourth-order valence-corrected chi connectivity index (χ4v) is 2.41. The highest BCUT2D eigenvalue weighted by Gasteiger charge is 2.21. The number of methoxy groups -OCH3 is 1. The molecule has 0 unspecified atom stereocenters. The van der Waals surface area contributed by atoms with Gasteiger partial charge in [0.15, 0.2) is 0 Å². The molecule has 0 aliphatic carbocycles. The van der Waals surface area contributed by atoms with Crippen LogP contribution in [0.5, 0.6) is 5.75 Å². The van der Waals surface area contributed by atoms with E-state index in [1.807, 2.05) is 32.9 Å². The quantitative estimate of drug-likeness (QED) is 0.684. The fraction of sp³-hybridized carbons (Fsp3) is 0.300. The average molecular weight is 390 g/mol. The van der Waals surface area contributed by atoms with Gasteiger partial charge < -0.3 is 20.7 Å². The molecule has 0 aliphatic rings. The molecule has 0 heterocycles. The highest BCUT2D eigenvalue weighted by atomic mass is 35.5. The van der Waals surface area contributed by atoms with E-state index in [0.717, 1.165) is 5.69 Å². The van der Waals surface area contributed by atoms with Crippen molar-refractivity contribution in [2.75, 3.05) is 29.6 Å².